The Balaban J connectivity index is 1.63. The first-order valence-electron chi connectivity index (χ1n) is 4.61. The summed E-state index contributed by atoms with van der Waals surface area (Å²) < 4.78 is 0. The van der Waals surface area contributed by atoms with E-state index in [0.717, 1.165) is 12.5 Å². The minimum Gasteiger partial charge on any atom is -0.311 e. The second-order valence-electron chi connectivity index (χ2n) is 3.33. The Morgan fingerprint density at radius 1 is 1.62 bits per heavy atom. The Kier molecular flexibility index (Phi) is 3.64. The van der Waals surface area contributed by atoms with Crippen LogP contribution < -0.4 is 5.32 Å². The van der Waals surface area contributed by atoms with Crippen LogP contribution in [0.3, 0.4) is 0 Å². The molecule has 2 heterocycles. The molecule has 0 bridgehead atoms. The van der Waals surface area contributed by atoms with Gasteiger partial charge in [-0.1, -0.05) is 0 Å². The van der Waals surface area contributed by atoms with E-state index in [1.165, 1.54) is 29.3 Å². The third kappa shape index (κ3) is 2.97. The molecule has 1 aromatic rings. The fourth-order valence-corrected chi connectivity index (χ4v) is 3.32. The second kappa shape index (κ2) is 4.98. The van der Waals surface area contributed by atoms with Crippen LogP contribution in [0.2, 0.25) is 0 Å². The van der Waals surface area contributed by atoms with Crippen LogP contribution in [0, 0.1) is 5.92 Å². The highest BCUT2D eigenvalue weighted by Crippen LogP contribution is 2.22. The summed E-state index contributed by atoms with van der Waals surface area (Å²) in [5.41, 5.74) is 1.89. The van der Waals surface area contributed by atoms with Crippen LogP contribution in [0.15, 0.2) is 11.7 Å². The van der Waals surface area contributed by atoms with Crippen molar-refractivity contribution in [2.24, 2.45) is 5.92 Å². The Labute approximate surface area is 87.1 Å². The lowest BCUT2D eigenvalue weighted by atomic mass is 10.1. The van der Waals surface area contributed by atoms with E-state index in [1.807, 2.05) is 11.7 Å². The van der Waals surface area contributed by atoms with Crippen LogP contribution in [-0.2, 0) is 6.54 Å². The fraction of sp³-hybridized carbons (Fsp3) is 0.667. The fourth-order valence-electron chi connectivity index (χ4n) is 1.47. The lowest BCUT2D eigenvalue weighted by Gasteiger charge is -2.08. The van der Waals surface area contributed by atoms with Crippen LogP contribution >= 0.6 is 23.1 Å². The van der Waals surface area contributed by atoms with Crippen LogP contribution in [0.1, 0.15) is 11.3 Å². The average molecular weight is 214 g/mol. The summed E-state index contributed by atoms with van der Waals surface area (Å²) in [7, 11) is 0. The minimum absolute atomic E-state index is 0.901. The second-order valence-corrected chi connectivity index (χ2v) is 5.45. The first-order chi connectivity index (χ1) is 6.45. The SMILES string of the molecule is c1ncc(CNCC2CCSC2)s1. The zero-order chi connectivity index (χ0) is 8.93. The molecule has 1 unspecified atom stereocenters. The van der Waals surface area contributed by atoms with Gasteiger partial charge in [-0.3, -0.25) is 4.98 Å². The Hall–Kier alpha value is -0.0600. The van der Waals surface area contributed by atoms with Gasteiger partial charge in [0, 0.05) is 17.6 Å². The molecular weight excluding hydrogens is 200 g/mol. The molecule has 0 aromatic carbocycles. The van der Waals surface area contributed by atoms with Crippen LogP contribution in [0.4, 0.5) is 0 Å². The maximum absolute atomic E-state index is 4.05. The zero-order valence-corrected chi connectivity index (χ0v) is 9.16. The summed E-state index contributed by atoms with van der Waals surface area (Å²) in [6, 6.07) is 0. The number of nitrogens with one attached hydrogen (secondary N) is 1. The lowest BCUT2D eigenvalue weighted by molar-refractivity contribution is 0.525. The third-order valence-corrected chi connectivity index (χ3v) is 4.25. The van der Waals surface area contributed by atoms with Gasteiger partial charge in [0.05, 0.1) is 5.51 Å². The minimum atomic E-state index is 0.901. The molecule has 0 saturated carbocycles. The third-order valence-electron chi connectivity index (χ3n) is 2.24. The molecule has 1 atom stereocenters. The summed E-state index contributed by atoms with van der Waals surface area (Å²) in [6.45, 7) is 2.16. The zero-order valence-electron chi connectivity index (χ0n) is 7.53. The monoisotopic (exact) mass is 214 g/mol. The molecule has 2 rings (SSSR count). The van der Waals surface area contributed by atoms with Crippen molar-refractivity contribution in [1.82, 2.24) is 10.3 Å². The maximum atomic E-state index is 4.05. The van der Waals surface area contributed by atoms with Gasteiger partial charge >= 0.3 is 0 Å². The van der Waals surface area contributed by atoms with Crippen molar-refractivity contribution < 1.29 is 0 Å². The van der Waals surface area contributed by atoms with Gasteiger partial charge in [0.2, 0.25) is 0 Å². The molecule has 1 aromatic heterocycles. The topological polar surface area (TPSA) is 24.9 Å². The lowest BCUT2D eigenvalue weighted by Crippen LogP contribution is -2.21. The summed E-state index contributed by atoms with van der Waals surface area (Å²) in [4.78, 5) is 5.39. The molecule has 13 heavy (non-hydrogen) atoms. The van der Waals surface area contributed by atoms with Crippen molar-refractivity contribution >= 4 is 23.1 Å². The summed E-state index contributed by atoms with van der Waals surface area (Å²) >= 11 is 3.81. The van der Waals surface area contributed by atoms with Crippen molar-refractivity contribution in [2.45, 2.75) is 13.0 Å². The predicted molar refractivity (Wildman–Crippen MR) is 59.3 cm³/mol. The number of nitrogens with zero attached hydrogens (tertiary/aromatic N) is 1. The van der Waals surface area contributed by atoms with E-state index in [1.54, 1.807) is 11.3 Å². The van der Waals surface area contributed by atoms with E-state index in [2.05, 4.69) is 22.1 Å². The molecule has 1 fully saturated rings. The predicted octanol–water partition coefficient (Wildman–Crippen LogP) is 1.99. The molecular formula is C9H14N2S2. The molecule has 4 heteroatoms. The highest BCUT2D eigenvalue weighted by atomic mass is 32.2. The number of aromatic nitrogens is 1. The molecule has 1 aliphatic heterocycles. The highest BCUT2D eigenvalue weighted by Gasteiger charge is 2.14. The number of hydrogen-bond donors (Lipinski definition) is 1. The highest BCUT2D eigenvalue weighted by molar-refractivity contribution is 7.99. The van der Waals surface area contributed by atoms with Crippen molar-refractivity contribution in [3.05, 3.63) is 16.6 Å². The summed E-state index contributed by atoms with van der Waals surface area (Å²) in [5, 5.41) is 3.49. The van der Waals surface area contributed by atoms with Crippen LogP contribution in [-0.4, -0.2) is 23.0 Å². The van der Waals surface area contributed by atoms with Gasteiger partial charge in [-0.05, 0) is 30.4 Å². The van der Waals surface area contributed by atoms with E-state index >= 15 is 0 Å². The number of thioether (sulfide) groups is 1. The van der Waals surface area contributed by atoms with Crippen LogP contribution in [0.25, 0.3) is 0 Å². The molecule has 2 nitrogen and oxygen atoms in total. The average Bonchev–Trinajstić information content (AvgIpc) is 2.75. The standard InChI is InChI=1S/C9H14N2S2/c1-2-12-6-8(1)3-10-4-9-5-11-7-13-9/h5,7-8,10H,1-4,6H2. The molecule has 1 N–H and O–H groups in total. The van der Waals surface area contributed by atoms with E-state index in [4.69, 9.17) is 0 Å². The van der Waals surface area contributed by atoms with Gasteiger partial charge in [0.1, 0.15) is 0 Å². The quantitative estimate of drug-likeness (QED) is 0.829. The van der Waals surface area contributed by atoms with Gasteiger partial charge in [-0.15, -0.1) is 11.3 Å². The number of thiazole rings is 1. The molecule has 0 amide bonds. The first-order valence-corrected chi connectivity index (χ1v) is 6.64. The van der Waals surface area contributed by atoms with Gasteiger partial charge in [0.15, 0.2) is 0 Å². The van der Waals surface area contributed by atoms with Gasteiger partial charge in [-0.2, -0.15) is 11.8 Å². The van der Waals surface area contributed by atoms with Gasteiger partial charge < -0.3 is 5.32 Å². The number of hydrogen-bond acceptors (Lipinski definition) is 4. The normalized spacial score (nSPS) is 22.3. The molecule has 0 spiro atoms. The van der Waals surface area contributed by atoms with E-state index in [0.29, 0.717) is 0 Å². The van der Waals surface area contributed by atoms with Crippen molar-refractivity contribution in [3.63, 3.8) is 0 Å². The smallest absolute Gasteiger partial charge is 0.0794 e. The Bertz CT molecular complexity index is 230. The molecule has 1 aliphatic rings. The van der Waals surface area contributed by atoms with Crippen molar-refractivity contribution in [3.8, 4) is 0 Å². The molecule has 0 aliphatic carbocycles. The van der Waals surface area contributed by atoms with Crippen molar-refractivity contribution in [2.75, 3.05) is 18.1 Å². The van der Waals surface area contributed by atoms with Gasteiger partial charge in [0.25, 0.3) is 0 Å². The van der Waals surface area contributed by atoms with Gasteiger partial charge in [-0.25, -0.2) is 0 Å². The molecule has 1 saturated heterocycles. The maximum Gasteiger partial charge on any atom is 0.0794 e. The summed E-state index contributed by atoms with van der Waals surface area (Å²) in [5.74, 6) is 3.60. The first kappa shape index (κ1) is 9.49. The van der Waals surface area contributed by atoms with Crippen molar-refractivity contribution in [1.29, 1.82) is 0 Å². The van der Waals surface area contributed by atoms with E-state index < -0.39 is 0 Å². The largest absolute Gasteiger partial charge is 0.311 e. The number of rotatable bonds is 4. The van der Waals surface area contributed by atoms with E-state index in [-0.39, 0.29) is 0 Å². The Morgan fingerprint density at radius 3 is 3.31 bits per heavy atom. The Morgan fingerprint density at radius 2 is 2.62 bits per heavy atom. The molecule has 0 radical (unpaired) electrons. The molecule has 72 valence electrons. The van der Waals surface area contributed by atoms with Crippen LogP contribution in [0.5, 0.6) is 0 Å². The van der Waals surface area contributed by atoms with E-state index in [9.17, 15) is 0 Å². The summed E-state index contributed by atoms with van der Waals surface area (Å²) in [6.07, 6.45) is 3.33.